The van der Waals surface area contributed by atoms with Crippen molar-refractivity contribution >= 4 is 19.2 Å². The first-order chi connectivity index (χ1) is 29.4. The van der Waals surface area contributed by atoms with Gasteiger partial charge in [0.05, 0.1) is 8.07 Å². The number of allylic oxidation sites excluding steroid dienone is 16. The maximum Gasteiger partial charge on any atom is 0.0553 e. The molecule has 1 heteroatoms. The lowest BCUT2D eigenvalue weighted by molar-refractivity contribution is 0.475. The average molecular weight is 857 g/mol. The van der Waals surface area contributed by atoms with E-state index in [-0.39, 0.29) is 21.7 Å². The van der Waals surface area contributed by atoms with Gasteiger partial charge in [-0.05, 0) is 162 Å². The molecule has 8 rings (SSSR count). The summed E-state index contributed by atoms with van der Waals surface area (Å²) in [7, 11) is -2.04. The van der Waals surface area contributed by atoms with Crippen molar-refractivity contribution in [1.82, 2.24) is 0 Å². The van der Waals surface area contributed by atoms with E-state index in [2.05, 4.69) is 207 Å². The van der Waals surface area contributed by atoms with Crippen molar-refractivity contribution < 1.29 is 0 Å². The first kappa shape index (κ1) is 46.1. The molecule has 2 aromatic rings. The SMILES string of the molecule is C[C@@H]1CC2C(C3=CC=C(C(C)(C)C)CC3)=CC=C(c3ccc(C(C)(C)C)cc3)[C@@H]2C1[Si](C)(C)C1[C@H](C)C[C@@H]2C(C3=CC=C(C(C)(C)C)CC3)=CC=C(c3ccc(C(C)(C)C)cc3)[C@H]12. The third-order valence-electron chi connectivity index (χ3n) is 17.4. The number of hydrogen-bond donors (Lipinski definition) is 0. The number of benzene rings is 2. The lowest BCUT2D eigenvalue weighted by Gasteiger charge is -2.48. The zero-order chi connectivity index (χ0) is 45.6. The minimum atomic E-state index is -2.04. The Hall–Kier alpha value is -3.42. The lowest BCUT2D eigenvalue weighted by atomic mass is 9.72. The van der Waals surface area contributed by atoms with Gasteiger partial charge in [-0.3, -0.25) is 0 Å². The molecule has 0 aliphatic heterocycles. The second-order valence-electron chi connectivity index (χ2n) is 26.0. The van der Waals surface area contributed by atoms with E-state index >= 15 is 0 Å². The van der Waals surface area contributed by atoms with Crippen molar-refractivity contribution in [3.63, 3.8) is 0 Å². The Morgan fingerprint density at radius 1 is 0.397 bits per heavy atom. The summed E-state index contributed by atoms with van der Waals surface area (Å²) >= 11 is 0. The Morgan fingerprint density at radius 2 is 0.730 bits per heavy atom. The molecular weight excluding hydrogens is 773 g/mol. The Labute approximate surface area is 387 Å². The topological polar surface area (TPSA) is 0 Å². The standard InChI is InChI=1S/C62H84Si/c1-39-37-53-49(41-17-25-45(26-18-41)59(3,4)5)33-35-51(43-21-29-47(30-22-43)61(9,10)11)55(53)57(39)63(15,16)58-40(2)38-54-50(42-19-27-46(28-20-42)60(6,7)8)34-36-52(56(54)58)44-23-31-48(32-24-44)62(12,13)14/h17,19,21-25,27,29-36,39-40,53-58H,18,20,26,28,37-38H2,1-16H3/t39-,40-,53-,54?,55+,56+,57?,58?/m1/s1. The molecule has 336 valence electrons. The van der Waals surface area contributed by atoms with Crippen LogP contribution in [-0.4, -0.2) is 8.07 Å². The van der Waals surface area contributed by atoms with Crippen molar-refractivity contribution in [1.29, 1.82) is 0 Å². The molecule has 2 aromatic carbocycles. The monoisotopic (exact) mass is 857 g/mol. The normalized spacial score (nSPS) is 29.3. The second-order valence-corrected chi connectivity index (χ2v) is 30.9. The molecular formula is C62H84Si. The fraction of sp³-hybridized carbons (Fsp3) is 0.548. The molecule has 0 amide bonds. The largest absolute Gasteiger partial charge is 0.0689 e. The molecule has 0 saturated heterocycles. The van der Waals surface area contributed by atoms with Gasteiger partial charge in [0.2, 0.25) is 0 Å². The van der Waals surface area contributed by atoms with Crippen LogP contribution < -0.4 is 0 Å². The van der Waals surface area contributed by atoms with Gasteiger partial charge < -0.3 is 0 Å². The van der Waals surface area contributed by atoms with Crippen LogP contribution in [0, 0.1) is 46.3 Å². The zero-order valence-electron chi connectivity index (χ0n) is 42.6. The van der Waals surface area contributed by atoms with Crippen LogP contribution in [0.15, 0.2) is 131 Å². The zero-order valence-corrected chi connectivity index (χ0v) is 43.6. The van der Waals surface area contributed by atoms with Crippen LogP contribution in [0.25, 0.3) is 11.1 Å². The highest BCUT2D eigenvalue weighted by Gasteiger charge is 2.60. The van der Waals surface area contributed by atoms with Crippen LogP contribution in [0.2, 0.25) is 24.2 Å². The highest BCUT2D eigenvalue weighted by Crippen LogP contribution is 2.68. The molecule has 0 bridgehead atoms. The van der Waals surface area contributed by atoms with Gasteiger partial charge in [-0.15, -0.1) is 0 Å². The molecule has 0 heterocycles. The van der Waals surface area contributed by atoms with Crippen molar-refractivity contribution in [2.45, 2.75) is 170 Å². The summed E-state index contributed by atoms with van der Waals surface area (Å²) in [6.45, 7) is 39.5. The predicted octanol–water partition coefficient (Wildman–Crippen LogP) is 18.0. The van der Waals surface area contributed by atoms with Crippen LogP contribution in [0.3, 0.4) is 0 Å². The van der Waals surface area contributed by atoms with E-state index in [0.717, 1.165) is 0 Å². The Morgan fingerprint density at radius 3 is 1.02 bits per heavy atom. The van der Waals surface area contributed by atoms with Crippen LogP contribution in [-0.2, 0) is 10.8 Å². The fourth-order valence-corrected chi connectivity index (χ4v) is 20.4. The molecule has 0 nitrogen and oxygen atoms in total. The molecule has 63 heavy (non-hydrogen) atoms. The van der Waals surface area contributed by atoms with Gasteiger partial charge >= 0.3 is 0 Å². The molecule has 0 N–H and O–H groups in total. The van der Waals surface area contributed by atoms with E-state index in [4.69, 9.17) is 0 Å². The first-order valence-electron chi connectivity index (χ1n) is 25.2. The maximum absolute atomic E-state index is 2.88. The molecule has 0 radical (unpaired) electrons. The molecule has 2 fully saturated rings. The third-order valence-corrected chi connectivity index (χ3v) is 22.7. The summed E-state index contributed by atoms with van der Waals surface area (Å²) < 4.78 is 0. The number of rotatable bonds is 6. The van der Waals surface area contributed by atoms with Crippen LogP contribution >= 0.6 is 0 Å². The van der Waals surface area contributed by atoms with Gasteiger partial charge in [-0.1, -0.05) is 218 Å². The summed E-state index contributed by atoms with van der Waals surface area (Å²) in [4.78, 5) is 0. The Kier molecular flexibility index (Phi) is 12.1. The summed E-state index contributed by atoms with van der Waals surface area (Å²) in [6, 6.07) is 19.7. The summed E-state index contributed by atoms with van der Waals surface area (Å²) in [6.07, 6.45) is 27.8. The molecule has 8 atom stereocenters. The van der Waals surface area contributed by atoms with E-state index in [1.807, 2.05) is 0 Å². The molecule has 0 spiro atoms. The molecule has 6 aliphatic carbocycles. The average Bonchev–Trinajstić information content (AvgIpc) is 3.76. The van der Waals surface area contributed by atoms with Gasteiger partial charge in [0.15, 0.2) is 0 Å². The van der Waals surface area contributed by atoms with Gasteiger partial charge in [-0.25, -0.2) is 0 Å². The minimum Gasteiger partial charge on any atom is -0.0689 e. The first-order valence-corrected chi connectivity index (χ1v) is 28.4. The summed E-state index contributed by atoms with van der Waals surface area (Å²) in [5.74, 6) is 3.58. The van der Waals surface area contributed by atoms with Crippen molar-refractivity contribution in [2.24, 2.45) is 46.3 Å². The highest BCUT2D eigenvalue weighted by atomic mass is 28.3. The van der Waals surface area contributed by atoms with Crippen molar-refractivity contribution in [2.75, 3.05) is 0 Å². The van der Waals surface area contributed by atoms with Crippen molar-refractivity contribution in [3.05, 3.63) is 153 Å². The third kappa shape index (κ3) is 8.73. The van der Waals surface area contributed by atoms with Gasteiger partial charge in [-0.2, -0.15) is 0 Å². The number of fused-ring (bicyclic) bond motifs is 2. The molecule has 0 aromatic heterocycles. The second kappa shape index (κ2) is 16.5. The van der Waals surface area contributed by atoms with Crippen LogP contribution in [0.4, 0.5) is 0 Å². The van der Waals surface area contributed by atoms with E-state index in [9.17, 15) is 0 Å². The van der Waals surface area contributed by atoms with Gasteiger partial charge in [0, 0.05) is 0 Å². The molecule has 6 aliphatic rings. The predicted molar refractivity (Wildman–Crippen MR) is 279 cm³/mol. The minimum absolute atomic E-state index is 0.140. The quantitative estimate of drug-likeness (QED) is 0.254. The lowest BCUT2D eigenvalue weighted by Crippen LogP contribution is -2.47. The van der Waals surface area contributed by atoms with E-state index in [1.165, 1.54) is 60.8 Å². The Bertz CT molecular complexity index is 2160. The number of hydrogen-bond acceptors (Lipinski definition) is 0. The van der Waals surface area contributed by atoms with Gasteiger partial charge in [0.25, 0.3) is 0 Å². The van der Waals surface area contributed by atoms with E-state index < -0.39 is 8.07 Å². The van der Waals surface area contributed by atoms with Crippen LogP contribution in [0.1, 0.15) is 158 Å². The van der Waals surface area contributed by atoms with E-state index in [1.54, 1.807) is 44.6 Å². The van der Waals surface area contributed by atoms with E-state index in [0.29, 0.717) is 46.6 Å². The highest BCUT2D eigenvalue weighted by molar-refractivity contribution is 6.80. The van der Waals surface area contributed by atoms with Gasteiger partial charge in [0.1, 0.15) is 0 Å². The smallest absolute Gasteiger partial charge is 0.0553 e. The maximum atomic E-state index is 2.88. The molecule has 2 saturated carbocycles. The summed E-state index contributed by atoms with van der Waals surface area (Å²) in [5.41, 5.74) is 20.8. The fourth-order valence-electron chi connectivity index (χ4n) is 14.1. The molecule has 3 unspecified atom stereocenters. The van der Waals surface area contributed by atoms with Crippen LogP contribution in [0.5, 0.6) is 0 Å². The summed E-state index contributed by atoms with van der Waals surface area (Å²) in [5, 5.41) is 0. The van der Waals surface area contributed by atoms with Crippen molar-refractivity contribution in [3.8, 4) is 0 Å². The Balaban J connectivity index is 1.23.